The Bertz CT molecular complexity index is 1030. The maximum atomic E-state index is 10.8. The van der Waals surface area contributed by atoms with E-state index in [0.717, 1.165) is 21.5 Å². The van der Waals surface area contributed by atoms with Gasteiger partial charge in [-0.15, -0.1) is 0 Å². The number of hydrogen-bond donors (Lipinski definition) is 1. The first-order chi connectivity index (χ1) is 14.6. The van der Waals surface area contributed by atoms with Crippen molar-refractivity contribution in [2.45, 2.75) is 6.16 Å². The van der Waals surface area contributed by atoms with Gasteiger partial charge in [0.2, 0.25) is 0 Å². The summed E-state index contributed by atoms with van der Waals surface area (Å²) in [6.45, 7) is 0. The van der Waals surface area contributed by atoms with Gasteiger partial charge in [-0.05, 0) is 0 Å². The summed E-state index contributed by atoms with van der Waals surface area (Å²) in [5, 5.41) is 13.9. The number of rotatable bonds is 6. The van der Waals surface area contributed by atoms with E-state index in [1.165, 1.54) is 0 Å². The second-order valence-corrected chi connectivity index (χ2v) is 13.8. The van der Waals surface area contributed by atoms with Gasteiger partial charge in [-0.25, -0.2) is 0 Å². The zero-order valence-corrected chi connectivity index (χ0v) is 18.4. The molecular weight excluding hydrogens is 411 g/mol. The van der Waals surface area contributed by atoms with E-state index >= 15 is 0 Å². The van der Waals surface area contributed by atoms with Crippen LogP contribution in [-0.4, -0.2) is 12.2 Å². The number of phenolic OH excluding ortho intramolecular Hbond substituents is 1. The van der Waals surface area contributed by atoms with Gasteiger partial charge in [-0.1, -0.05) is 0 Å². The van der Waals surface area contributed by atoms with Crippen molar-refractivity contribution in [1.29, 1.82) is 0 Å². The van der Waals surface area contributed by atoms with E-state index in [1.54, 1.807) is 19.2 Å². The zero-order valence-electron chi connectivity index (χ0n) is 16.8. The topological polar surface area (TPSA) is 29.5 Å². The number of benzene rings is 4. The normalized spacial score (nSPS) is 12.7. The minimum absolute atomic E-state index is 0.216. The van der Waals surface area contributed by atoms with Crippen molar-refractivity contribution in [3.05, 3.63) is 115 Å². The number of methoxy groups -OCH3 is 1. The summed E-state index contributed by atoms with van der Waals surface area (Å²) < 4.78 is 5.43. The average molecular weight is 435 g/mol. The molecule has 0 aliphatic rings. The van der Waals surface area contributed by atoms with Crippen molar-refractivity contribution in [2.24, 2.45) is 0 Å². The molecule has 1 N–H and O–H groups in total. The van der Waals surface area contributed by atoms with Gasteiger partial charge in [0.05, 0.1) is 0 Å². The van der Waals surface area contributed by atoms with Crippen LogP contribution in [0.4, 0.5) is 0 Å². The molecule has 2 nitrogen and oxygen atoms in total. The van der Waals surface area contributed by atoms with Crippen LogP contribution in [0, 0.1) is 0 Å². The molecule has 4 rings (SSSR count). The van der Waals surface area contributed by atoms with Crippen LogP contribution in [0.25, 0.3) is 0 Å². The molecule has 0 fully saturated rings. The van der Waals surface area contributed by atoms with E-state index < -0.39 is 5.96 Å². The Morgan fingerprint density at radius 3 is 1.53 bits per heavy atom. The molecule has 0 heterocycles. The first-order valence-electron chi connectivity index (χ1n) is 9.82. The molecule has 4 aromatic rings. The van der Waals surface area contributed by atoms with Crippen LogP contribution >= 0.6 is 17.2 Å². The van der Waals surface area contributed by atoms with E-state index in [9.17, 15) is 5.11 Å². The Kier molecular flexibility index (Phi) is 5.56. The van der Waals surface area contributed by atoms with E-state index in [0.29, 0.717) is 11.9 Å². The number of ether oxygens (including phenoxy) is 1. The summed E-state index contributed by atoms with van der Waals surface area (Å²) >= 11 is 8.05. The van der Waals surface area contributed by atoms with Crippen molar-refractivity contribution >= 4 is 33.1 Å². The van der Waals surface area contributed by atoms with Gasteiger partial charge in [0.15, 0.2) is 0 Å². The average Bonchev–Trinajstić information content (AvgIpc) is 2.82. The molecule has 0 aliphatic carbocycles. The van der Waals surface area contributed by atoms with Crippen LogP contribution in [0.1, 0.15) is 5.56 Å². The van der Waals surface area contributed by atoms with Crippen LogP contribution in [-0.2, 0) is 6.16 Å². The first kappa shape index (κ1) is 20.5. The Hall–Kier alpha value is -2.80. The number of aromatic hydroxyl groups is 1. The molecular formula is C26H24ClO2P. The second kappa shape index (κ2) is 8.14. The third-order valence-corrected chi connectivity index (χ3v) is 12.8. The van der Waals surface area contributed by atoms with Crippen molar-refractivity contribution < 1.29 is 9.84 Å². The number of phenols is 1. The summed E-state index contributed by atoms with van der Waals surface area (Å²) in [5.41, 5.74) is 0.763. The van der Waals surface area contributed by atoms with Gasteiger partial charge >= 0.3 is 182 Å². The van der Waals surface area contributed by atoms with Crippen LogP contribution in [0.15, 0.2) is 109 Å². The van der Waals surface area contributed by atoms with Crippen molar-refractivity contribution in [3.8, 4) is 11.5 Å². The summed E-state index contributed by atoms with van der Waals surface area (Å²) in [6, 6.07) is 36.1. The zero-order chi connectivity index (χ0) is 21.1. The van der Waals surface area contributed by atoms with Crippen LogP contribution in [0.2, 0.25) is 0 Å². The van der Waals surface area contributed by atoms with E-state index in [4.69, 9.17) is 16.0 Å². The Morgan fingerprint density at radius 2 is 1.13 bits per heavy atom. The molecule has 0 aromatic heterocycles. The van der Waals surface area contributed by atoms with Crippen molar-refractivity contribution in [2.75, 3.05) is 7.11 Å². The SMILES string of the molecule is COc1ccc(O)c(CP(Cl)(c2ccccc2)(c2ccccc2)c2ccccc2)c1. The number of halogens is 1. The summed E-state index contributed by atoms with van der Waals surface area (Å²) in [4.78, 5) is 0. The molecule has 0 atom stereocenters. The van der Waals surface area contributed by atoms with Gasteiger partial charge in [-0.3, -0.25) is 0 Å². The Balaban J connectivity index is 2.09. The van der Waals surface area contributed by atoms with Gasteiger partial charge < -0.3 is 0 Å². The molecule has 0 spiro atoms. The quantitative estimate of drug-likeness (QED) is 0.401. The van der Waals surface area contributed by atoms with Crippen LogP contribution < -0.4 is 20.7 Å². The molecule has 0 amide bonds. The van der Waals surface area contributed by atoms with Crippen molar-refractivity contribution in [1.82, 2.24) is 0 Å². The Labute approximate surface area is 182 Å². The molecule has 30 heavy (non-hydrogen) atoms. The standard InChI is InChI=1S/C26H24ClO2P/c1-29-22-17-18-26(28)21(19-22)20-30(27,23-11-5-2-6-12-23,24-13-7-3-8-14-24)25-15-9-4-10-16-25/h2-19,28H,20H2,1H3. The minimum atomic E-state index is -3.49. The molecule has 152 valence electrons. The molecule has 0 saturated carbocycles. The molecule has 0 unspecified atom stereocenters. The fourth-order valence-electron chi connectivity index (χ4n) is 4.07. The fraction of sp³-hybridized carbons (Fsp3) is 0.0769. The summed E-state index contributed by atoms with van der Waals surface area (Å²) in [5.74, 6) is -2.58. The molecule has 0 bridgehead atoms. The predicted molar refractivity (Wildman–Crippen MR) is 129 cm³/mol. The maximum absolute atomic E-state index is 10.8. The molecule has 0 aliphatic heterocycles. The second-order valence-electron chi connectivity index (χ2n) is 7.34. The summed E-state index contributed by atoms with van der Waals surface area (Å²) in [7, 11) is 1.63. The third kappa shape index (κ3) is 3.37. The van der Waals surface area contributed by atoms with E-state index in [-0.39, 0.29) is 5.75 Å². The monoisotopic (exact) mass is 434 g/mol. The number of hydrogen-bond acceptors (Lipinski definition) is 2. The Morgan fingerprint density at radius 1 is 0.700 bits per heavy atom. The van der Waals surface area contributed by atoms with Gasteiger partial charge in [-0.2, -0.15) is 0 Å². The van der Waals surface area contributed by atoms with Gasteiger partial charge in [0.25, 0.3) is 0 Å². The van der Waals surface area contributed by atoms with E-state index in [2.05, 4.69) is 36.4 Å². The molecule has 0 saturated heterocycles. The van der Waals surface area contributed by atoms with Crippen molar-refractivity contribution in [3.63, 3.8) is 0 Å². The summed E-state index contributed by atoms with van der Waals surface area (Å²) in [6.07, 6.45) is 0.466. The van der Waals surface area contributed by atoms with E-state index in [1.807, 2.05) is 60.7 Å². The third-order valence-electron chi connectivity index (χ3n) is 5.64. The first-order valence-corrected chi connectivity index (χ1v) is 13.1. The molecule has 0 radical (unpaired) electrons. The van der Waals surface area contributed by atoms with Crippen LogP contribution in [0.5, 0.6) is 11.5 Å². The van der Waals surface area contributed by atoms with Gasteiger partial charge in [0.1, 0.15) is 0 Å². The molecule has 4 aromatic carbocycles. The predicted octanol–water partition coefficient (Wildman–Crippen LogP) is 5.58. The fourth-order valence-corrected chi connectivity index (χ4v) is 10.2. The molecule has 4 heteroatoms. The van der Waals surface area contributed by atoms with Crippen LogP contribution in [0.3, 0.4) is 0 Å². The van der Waals surface area contributed by atoms with Gasteiger partial charge in [0, 0.05) is 0 Å².